The van der Waals surface area contributed by atoms with E-state index in [4.69, 9.17) is 15.3 Å². The van der Waals surface area contributed by atoms with Crippen LogP contribution in [0.3, 0.4) is 0 Å². The minimum Gasteiger partial charge on any atom is -0.394 e. The average Bonchev–Trinajstić information content (AvgIpc) is 1.87. The van der Waals surface area contributed by atoms with E-state index in [2.05, 4.69) is 24.8 Å². The van der Waals surface area contributed by atoms with Crippen LogP contribution in [0.15, 0.2) is 0 Å². The number of aliphatic hydroxyl groups is 3. The molecule has 0 aromatic rings. The zero-order chi connectivity index (χ0) is 8.15. The summed E-state index contributed by atoms with van der Waals surface area (Å²) in [6, 6.07) is 0. The molecule has 0 rings (SSSR count). The minimum atomic E-state index is -0.917. The van der Waals surface area contributed by atoms with E-state index in [9.17, 15) is 0 Å². The Morgan fingerprint density at radius 1 is 1.50 bits per heavy atom. The van der Waals surface area contributed by atoms with Crippen LogP contribution < -0.4 is 0 Å². The van der Waals surface area contributed by atoms with Gasteiger partial charge < -0.3 is 15.3 Å². The van der Waals surface area contributed by atoms with E-state index in [1.54, 1.807) is 0 Å². The summed E-state index contributed by atoms with van der Waals surface area (Å²) in [5, 5.41) is 26.0. The number of rotatable bonds is 4. The third-order valence-electron chi connectivity index (χ3n) is 0.991. The van der Waals surface area contributed by atoms with E-state index >= 15 is 0 Å². The van der Waals surface area contributed by atoms with Crippen molar-refractivity contribution in [1.82, 2.24) is 0 Å². The normalized spacial score (nSPS) is 16.4. The van der Waals surface area contributed by atoms with Gasteiger partial charge in [0.25, 0.3) is 0 Å². The van der Waals surface area contributed by atoms with E-state index in [1.807, 2.05) is 0 Å². The molecule has 0 fully saturated rings. The highest BCUT2D eigenvalue weighted by Crippen LogP contribution is 2.02. The van der Waals surface area contributed by atoms with Crippen LogP contribution in [-0.4, -0.2) is 38.3 Å². The Balaban J connectivity index is 3.56. The van der Waals surface area contributed by atoms with Crippen molar-refractivity contribution in [1.29, 1.82) is 0 Å². The number of thiocarbonyl (C=S) groups is 1. The molecule has 0 aliphatic carbocycles. The highest BCUT2D eigenvalue weighted by Gasteiger charge is 2.12. The quantitative estimate of drug-likeness (QED) is 0.345. The standard InChI is InChI=1S/C5H10O3S2/c6-2-3(7)1-4(8)5(9)10/h3-4,6-8H,1-2H2,(H,9,10). The molecule has 2 atom stereocenters. The first-order valence-corrected chi connectivity index (χ1v) is 3.63. The predicted octanol–water partition coefficient (Wildman–Crippen LogP) is -0.652. The van der Waals surface area contributed by atoms with Crippen molar-refractivity contribution in [2.24, 2.45) is 0 Å². The van der Waals surface area contributed by atoms with E-state index in [0.29, 0.717) is 0 Å². The molecule has 0 heterocycles. The molecule has 0 saturated heterocycles. The van der Waals surface area contributed by atoms with Crippen molar-refractivity contribution in [2.75, 3.05) is 6.61 Å². The van der Waals surface area contributed by atoms with Gasteiger partial charge in [-0.25, -0.2) is 0 Å². The van der Waals surface area contributed by atoms with Gasteiger partial charge in [-0.15, -0.1) is 12.6 Å². The van der Waals surface area contributed by atoms with Gasteiger partial charge in [0.15, 0.2) is 0 Å². The number of hydrogen-bond acceptors (Lipinski definition) is 4. The lowest BCUT2D eigenvalue weighted by molar-refractivity contribution is 0.0614. The second-order valence-electron chi connectivity index (χ2n) is 1.93. The number of aliphatic hydroxyl groups excluding tert-OH is 3. The Labute approximate surface area is 70.1 Å². The Morgan fingerprint density at radius 3 is 2.30 bits per heavy atom. The average molecular weight is 182 g/mol. The van der Waals surface area contributed by atoms with Crippen LogP contribution in [0.2, 0.25) is 0 Å². The molecule has 60 valence electrons. The van der Waals surface area contributed by atoms with E-state index in [1.165, 1.54) is 0 Å². The molecule has 10 heavy (non-hydrogen) atoms. The van der Waals surface area contributed by atoms with Crippen LogP contribution in [0, 0.1) is 0 Å². The molecule has 0 bridgehead atoms. The zero-order valence-electron chi connectivity index (χ0n) is 5.27. The summed E-state index contributed by atoms with van der Waals surface area (Å²) < 4.78 is 0.132. The second kappa shape index (κ2) is 5.03. The summed E-state index contributed by atoms with van der Waals surface area (Å²) in [6.45, 7) is -0.368. The largest absolute Gasteiger partial charge is 0.394 e. The molecule has 0 spiro atoms. The third-order valence-corrected chi connectivity index (χ3v) is 1.56. The first-order valence-electron chi connectivity index (χ1n) is 2.77. The fraction of sp³-hybridized carbons (Fsp3) is 0.800. The summed E-state index contributed by atoms with van der Waals surface area (Å²) in [6.07, 6.45) is -1.79. The van der Waals surface area contributed by atoms with Crippen molar-refractivity contribution in [3.05, 3.63) is 0 Å². The Morgan fingerprint density at radius 2 is 2.00 bits per heavy atom. The van der Waals surface area contributed by atoms with Crippen molar-refractivity contribution < 1.29 is 15.3 Å². The minimum absolute atomic E-state index is 0.0405. The van der Waals surface area contributed by atoms with Gasteiger partial charge in [0.1, 0.15) is 0 Å². The fourth-order valence-electron chi connectivity index (χ4n) is 0.433. The molecule has 0 aliphatic heterocycles. The highest BCUT2D eigenvalue weighted by molar-refractivity contribution is 8.11. The molecular weight excluding hydrogens is 172 g/mol. The topological polar surface area (TPSA) is 60.7 Å². The van der Waals surface area contributed by atoms with E-state index < -0.39 is 12.2 Å². The van der Waals surface area contributed by atoms with Crippen LogP contribution in [0.4, 0.5) is 0 Å². The first-order chi connectivity index (χ1) is 4.57. The van der Waals surface area contributed by atoms with Crippen LogP contribution in [0.25, 0.3) is 0 Å². The second-order valence-corrected chi connectivity index (χ2v) is 3.15. The lowest BCUT2D eigenvalue weighted by atomic mass is 10.2. The SMILES string of the molecule is OCC(O)CC(O)C(=S)S. The van der Waals surface area contributed by atoms with E-state index in [-0.39, 0.29) is 17.2 Å². The van der Waals surface area contributed by atoms with Crippen molar-refractivity contribution in [2.45, 2.75) is 18.6 Å². The molecule has 0 aromatic heterocycles. The van der Waals surface area contributed by atoms with Gasteiger partial charge in [-0.2, -0.15) is 0 Å². The van der Waals surface area contributed by atoms with E-state index in [0.717, 1.165) is 0 Å². The van der Waals surface area contributed by atoms with Crippen LogP contribution >= 0.6 is 24.8 Å². The van der Waals surface area contributed by atoms with Gasteiger partial charge in [-0.3, -0.25) is 0 Å². The molecule has 5 heteroatoms. The summed E-state index contributed by atoms with van der Waals surface area (Å²) in [4.78, 5) is 0. The first kappa shape index (κ1) is 10.3. The Hall–Kier alpha value is 0.320. The summed E-state index contributed by atoms with van der Waals surface area (Å²) in [5.41, 5.74) is 0. The molecule has 3 nitrogen and oxygen atoms in total. The van der Waals surface area contributed by atoms with Gasteiger partial charge in [-0.1, -0.05) is 12.2 Å². The Bertz CT molecular complexity index is 117. The number of hydrogen-bond donors (Lipinski definition) is 4. The van der Waals surface area contributed by atoms with Crippen LogP contribution in [0.1, 0.15) is 6.42 Å². The molecule has 2 unspecified atom stereocenters. The predicted molar refractivity (Wildman–Crippen MR) is 45.3 cm³/mol. The van der Waals surface area contributed by atoms with Gasteiger partial charge in [0, 0.05) is 6.42 Å². The molecule has 3 N–H and O–H groups in total. The zero-order valence-corrected chi connectivity index (χ0v) is 6.98. The Kier molecular flexibility index (Phi) is 5.20. The van der Waals surface area contributed by atoms with Gasteiger partial charge in [0.05, 0.1) is 23.0 Å². The smallest absolute Gasteiger partial charge is 0.0973 e. The van der Waals surface area contributed by atoms with Gasteiger partial charge in [-0.05, 0) is 0 Å². The van der Waals surface area contributed by atoms with Crippen molar-refractivity contribution >= 4 is 29.0 Å². The maximum Gasteiger partial charge on any atom is 0.0973 e. The van der Waals surface area contributed by atoms with Crippen molar-refractivity contribution in [3.63, 3.8) is 0 Å². The lowest BCUT2D eigenvalue weighted by Gasteiger charge is -2.10. The summed E-state index contributed by atoms with van der Waals surface area (Å²) in [5.74, 6) is 0. The number of thiol groups is 1. The monoisotopic (exact) mass is 182 g/mol. The molecule has 0 amide bonds. The third kappa shape index (κ3) is 4.19. The maximum absolute atomic E-state index is 8.94. The molecule has 0 aliphatic rings. The fourth-order valence-corrected chi connectivity index (χ4v) is 0.635. The van der Waals surface area contributed by atoms with Crippen LogP contribution in [-0.2, 0) is 0 Å². The van der Waals surface area contributed by atoms with Gasteiger partial charge >= 0.3 is 0 Å². The van der Waals surface area contributed by atoms with Crippen molar-refractivity contribution in [3.8, 4) is 0 Å². The molecule has 0 aromatic carbocycles. The molecular formula is C5H10O3S2. The van der Waals surface area contributed by atoms with Gasteiger partial charge in [0.2, 0.25) is 0 Å². The molecule has 0 radical (unpaired) electrons. The summed E-state index contributed by atoms with van der Waals surface area (Å²) in [7, 11) is 0. The summed E-state index contributed by atoms with van der Waals surface area (Å²) >= 11 is 8.20. The van der Waals surface area contributed by atoms with Crippen LogP contribution in [0.5, 0.6) is 0 Å². The molecule has 0 saturated carbocycles. The maximum atomic E-state index is 8.94. The highest BCUT2D eigenvalue weighted by atomic mass is 32.1. The lowest BCUT2D eigenvalue weighted by Crippen LogP contribution is -2.24.